The van der Waals surface area contributed by atoms with Crippen molar-refractivity contribution >= 4 is 11.7 Å². The molecule has 0 spiro atoms. The number of rotatable bonds is 4. The summed E-state index contributed by atoms with van der Waals surface area (Å²) in [6, 6.07) is 0.308. The quantitative estimate of drug-likeness (QED) is 0.859. The fourth-order valence-electron chi connectivity index (χ4n) is 1.36. The van der Waals surface area contributed by atoms with Crippen molar-refractivity contribution in [3.8, 4) is 0 Å². The van der Waals surface area contributed by atoms with E-state index in [1.807, 2.05) is 0 Å². The van der Waals surface area contributed by atoms with Crippen LogP contribution in [0.4, 0.5) is 18.9 Å². The average Bonchev–Trinajstić information content (AvgIpc) is 2.14. The number of nitrogens with zero attached hydrogens (tertiary/aromatic N) is 1. The molecule has 94 valence electrons. The Balaban J connectivity index is 2.78. The van der Waals surface area contributed by atoms with Crippen molar-refractivity contribution in [2.45, 2.75) is 25.6 Å². The second kappa shape index (κ2) is 5.03. The highest BCUT2D eigenvalue weighted by molar-refractivity contribution is 5.93. The van der Waals surface area contributed by atoms with Crippen LogP contribution in [0.2, 0.25) is 0 Å². The van der Waals surface area contributed by atoms with Crippen molar-refractivity contribution in [2.24, 2.45) is 0 Å². The average molecular weight is 248 g/mol. The topological polar surface area (TPSA) is 62.2 Å². The van der Waals surface area contributed by atoms with Crippen LogP contribution < -0.4 is 5.32 Å². The molecule has 0 radical (unpaired) electrons. The van der Waals surface area contributed by atoms with Gasteiger partial charge in [-0.25, -0.2) is 4.79 Å². The minimum atomic E-state index is -4.29. The van der Waals surface area contributed by atoms with Crippen molar-refractivity contribution in [1.29, 1.82) is 0 Å². The smallest absolute Gasteiger partial charge is 0.391 e. The first-order valence-corrected chi connectivity index (χ1v) is 4.80. The van der Waals surface area contributed by atoms with Crippen LogP contribution in [-0.4, -0.2) is 28.3 Å². The van der Waals surface area contributed by atoms with Crippen LogP contribution in [0.15, 0.2) is 18.5 Å². The number of hydrogen-bond acceptors (Lipinski definition) is 3. The van der Waals surface area contributed by atoms with E-state index in [9.17, 15) is 18.0 Å². The van der Waals surface area contributed by atoms with Gasteiger partial charge in [0.15, 0.2) is 0 Å². The maximum absolute atomic E-state index is 12.1. The molecule has 1 atom stereocenters. The third-order valence-electron chi connectivity index (χ3n) is 1.99. The van der Waals surface area contributed by atoms with Crippen molar-refractivity contribution in [2.75, 3.05) is 5.32 Å². The van der Waals surface area contributed by atoms with Gasteiger partial charge in [-0.2, -0.15) is 13.2 Å². The van der Waals surface area contributed by atoms with E-state index in [2.05, 4.69) is 10.3 Å². The highest BCUT2D eigenvalue weighted by atomic mass is 19.4. The van der Waals surface area contributed by atoms with Gasteiger partial charge in [0.25, 0.3) is 0 Å². The molecule has 0 aliphatic rings. The molecule has 0 amide bonds. The minimum absolute atomic E-state index is 0.0803. The van der Waals surface area contributed by atoms with Crippen LogP contribution in [0, 0.1) is 0 Å². The predicted molar refractivity (Wildman–Crippen MR) is 55.0 cm³/mol. The summed E-state index contributed by atoms with van der Waals surface area (Å²) in [7, 11) is 0. The number of nitrogens with one attached hydrogen (secondary N) is 1. The molecule has 0 fully saturated rings. The van der Waals surface area contributed by atoms with Crippen molar-refractivity contribution in [3.63, 3.8) is 0 Å². The summed E-state index contributed by atoms with van der Waals surface area (Å²) in [5, 5.41) is 11.3. The van der Waals surface area contributed by atoms with E-state index in [1.54, 1.807) is 0 Å². The van der Waals surface area contributed by atoms with Crippen LogP contribution in [0.1, 0.15) is 23.7 Å². The Hall–Kier alpha value is -1.79. The van der Waals surface area contributed by atoms with Crippen LogP contribution >= 0.6 is 0 Å². The predicted octanol–water partition coefficient (Wildman–Crippen LogP) is 2.53. The molecular formula is C10H11F3N2O2. The lowest BCUT2D eigenvalue weighted by Gasteiger charge is -2.17. The lowest BCUT2D eigenvalue weighted by Crippen LogP contribution is -2.24. The Labute approximate surface area is 95.5 Å². The Morgan fingerprint density at radius 2 is 2.24 bits per heavy atom. The van der Waals surface area contributed by atoms with Crippen LogP contribution in [0.3, 0.4) is 0 Å². The Kier molecular flexibility index (Phi) is 3.93. The van der Waals surface area contributed by atoms with Crippen molar-refractivity contribution in [1.82, 2.24) is 4.98 Å². The highest BCUT2D eigenvalue weighted by Crippen LogP contribution is 2.24. The van der Waals surface area contributed by atoms with Gasteiger partial charge in [0, 0.05) is 12.2 Å². The monoisotopic (exact) mass is 248 g/mol. The van der Waals surface area contributed by atoms with Gasteiger partial charge in [0.1, 0.15) is 0 Å². The molecule has 1 aromatic heterocycles. The fraction of sp³-hybridized carbons (Fsp3) is 0.400. The summed E-state index contributed by atoms with van der Waals surface area (Å²) in [5.74, 6) is -1.21. The number of carboxylic acid groups (broad SMARTS) is 1. The lowest BCUT2D eigenvalue weighted by molar-refractivity contribution is -0.136. The summed E-state index contributed by atoms with van der Waals surface area (Å²) in [4.78, 5) is 14.5. The molecule has 0 bridgehead atoms. The van der Waals surface area contributed by atoms with E-state index in [0.717, 1.165) is 0 Å². The molecule has 1 aromatic rings. The van der Waals surface area contributed by atoms with Gasteiger partial charge in [-0.1, -0.05) is 0 Å². The van der Waals surface area contributed by atoms with Gasteiger partial charge in [0.2, 0.25) is 0 Å². The summed E-state index contributed by atoms with van der Waals surface area (Å²) >= 11 is 0. The Morgan fingerprint density at radius 3 is 2.76 bits per heavy atom. The zero-order chi connectivity index (χ0) is 13.1. The summed E-state index contributed by atoms with van der Waals surface area (Å²) in [6.07, 6.45) is -2.88. The standard InChI is InChI=1S/C10H11F3N2O2/c1-6(4-10(11,12)13)15-8-5-14-3-2-7(8)9(16)17/h2-3,5-6,15H,4H2,1H3,(H,16,17). The third-order valence-corrected chi connectivity index (χ3v) is 1.99. The van der Waals surface area contributed by atoms with E-state index in [1.165, 1.54) is 25.4 Å². The first-order chi connectivity index (χ1) is 7.79. The van der Waals surface area contributed by atoms with Gasteiger partial charge in [0.05, 0.1) is 23.9 Å². The van der Waals surface area contributed by atoms with Crippen LogP contribution in [-0.2, 0) is 0 Å². The third kappa shape index (κ3) is 4.29. The molecule has 0 saturated carbocycles. The number of hydrogen-bond donors (Lipinski definition) is 2. The summed E-state index contributed by atoms with van der Waals surface area (Å²) in [6.45, 7) is 1.33. The number of aromatic nitrogens is 1. The largest absolute Gasteiger partial charge is 0.478 e. The molecule has 4 nitrogen and oxygen atoms in total. The molecule has 0 saturated heterocycles. The molecule has 7 heteroatoms. The number of carboxylic acids is 1. The number of aromatic carboxylic acids is 1. The van der Waals surface area contributed by atoms with Gasteiger partial charge in [-0.05, 0) is 13.0 Å². The highest BCUT2D eigenvalue weighted by Gasteiger charge is 2.30. The van der Waals surface area contributed by atoms with Gasteiger partial charge >= 0.3 is 12.1 Å². The van der Waals surface area contributed by atoms with Crippen LogP contribution in [0.25, 0.3) is 0 Å². The summed E-state index contributed by atoms with van der Waals surface area (Å²) in [5.41, 5.74) is -0.0224. The first kappa shape index (κ1) is 13.3. The van der Waals surface area contributed by atoms with Crippen LogP contribution in [0.5, 0.6) is 0 Å². The van der Waals surface area contributed by atoms with Gasteiger partial charge in [-0.15, -0.1) is 0 Å². The Morgan fingerprint density at radius 1 is 1.59 bits per heavy atom. The van der Waals surface area contributed by atoms with E-state index < -0.39 is 24.6 Å². The van der Waals surface area contributed by atoms with E-state index in [4.69, 9.17) is 5.11 Å². The zero-order valence-electron chi connectivity index (χ0n) is 8.95. The molecular weight excluding hydrogens is 237 g/mol. The van der Waals surface area contributed by atoms with E-state index >= 15 is 0 Å². The number of pyridine rings is 1. The molecule has 1 heterocycles. The molecule has 2 N–H and O–H groups in total. The molecule has 0 aromatic carbocycles. The maximum atomic E-state index is 12.1. The molecule has 0 aliphatic heterocycles. The number of anilines is 1. The van der Waals surface area contributed by atoms with E-state index in [-0.39, 0.29) is 11.3 Å². The molecule has 1 rings (SSSR count). The fourth-order valence-corrected chi connectivity index (χ4v) is 1.36. The molecule has 17 heavy (non-hydrogen) atoms. The van der Waals surface area contributed by atoms with Gasteiger partial charge < -0.3 is 10.4 Å². The lowest BCUT2D eigenvalue weighted by atomic mass is 10.2. The van der Waals surface area contributed by atoms with Crippen molar-refractivity contribution in [3.05, 3.63) is 24.0 Å². The normalized spacial score (nSPS) is 13.2. The number of carbonyl (C=O) groups is 1. The Bertz CT molecular complexity index is 407. The second-order valence-electron chi connectivity index (χ2n) is 3.59. The molecule has 1 unspecified atom stereocenters. The number of halogens is 3. The summed E-state index contributed by atoms with van der Waals surface area (Å²) < 4.78 is 36.3. The van der Waals surface area contributed by atoms with Gasteiger partial charge in [-0.3, -0.25) is 4.98 Å². The second-order valence-corrected chi connectivity index (χ2v) is 3.59. The first-order valence-electron chi connectivity index (χ1n) is 4.80. The minimum Gasteiger partial charge on any atom is -0.478 e. The molecule has 0 aliphatic carbocycles. The van der Waals surface area contributed by atoms with E-state index in [0.29, 0.717) is 0 Å². The zero-order valence-corrected chi connectivity index (χ0v) is 8.95. The SMILES string of the molecule is CC(CC(F)(F)F)Nc1cnccc1C(=O)O. The number of alkyl halides is 3. The maximum Gasteiger partial charge on any atom is 0.391 e. The van der Waals surface area contributed by atoms with Crippen molar-refractivity contribution < 1.29 is 23.1 Å².